The van der Waals surface area contributed by atoms with Crippen molar-refractivity contribution in [3.05, 3.63) is 0 Å². The first-order valence-electron chi connectivity index (χ1n) is 3.75. The zero-order valence-corrected chi connectivity index (χ0v) is 7.39. The molecule has 0 radical (unpaired) electrons. The lowest BCUT2D eigenvalue weighted by molar-refractivity contribution is -0.393. The fourth-order valence-corrected chi connectivity index (χ4v) is 0.478. The van der Waals surface area contributed by atoms with Crippen molar-refractivity contribution in [2.75, 3.05) is 26.4 Å². The lowest BCUT2D eigenvalue weighted by atomic mass is 10.8. The number of aliphatic hydroxyl groups is 2. The smallest absolute Gasteiger partial charge is 0.234 e. The third kappa shape index (κ3) is 7.62. The highest BCUT2D eigenvalue weighted by molar-refractivity contribution is 5.71. The van der Waals surface area contributed by atoms with Crippen LogP contribution in [0.3, 0.4) is 0 Å². The third-order valence-corrected chi connectivity index (χ3v) is 0.848. The van der Waals surface area contributed by atoms with Crippen LogP contribution in [0.1, 0.15) is 6.92 Å². The maximum Gasteiger partial charge on any atom is 0.234 e. The number of amides is 1. The maximum absolute atomic E-state index is 10.5. The summed E-state index contributed by atoms with van der Waals surface area (Å²) in [5.74, 6) is -0.379. The predicted octanol–water partition coefficient (Wildman–Crippen LogP) is -1.81. The van der Waals surface area contributed by atoms with Crippen LogP contribution in [-0.4, -0.2) is 47.9 Å². The summed E-state index contributed by atoms with van der Waals surface area (Å²) in [5.41, 5.74) is 2.18. The molecule has 13 heavy (non-hydrogen) atoms. The minimum absolute atomic E-state index is 0.00823. The Hall–Kier alpha value is -0.730. The van der Waals surface area contributed by atoms with E-state index in [0.717, 1.165) is 0 Å². The van der Waals surface area contributed by atoms with Crippen molar-refractivity contribution < 1.29 is 24.7 Å². The van der Waals surface area contributed by atoms with Crippen LogP contribution < -0.4 is 5.43 Å². The minimum atomic E-state index is -0.379. The first-order valence-corrected chi connectivity index (χ1v) is 3.75. The first kappa shape index (κ1) is 12.3. The van der Waals surface area contributed by atoms with Gasteiger partial charge in [-0.1, -0.05) is 0 Å². The molecule has 1 amide bonds. The Bertz CT molecular complexity index is 135. The summed E-state index contributed by atoms with van der Waals surface area (Å²) in [4.78, 5) is 20.0. The Kier molecular flexibility index (Phi) is 7.45. The van der Waals surface area contributed by atoms with E-state index in [1.807, 2.05) is 0 Å². The second-order valence-corrected chi connectivity index (χ2v) is 2.04. The summed E-state index contributed by atoms with van der Waals surface area (Å²) in [6.07, 6.45) is 0. The van der Waals surface area contributed by atoms with Crippen molar-refractivity contribution >= 4 is 5.91 Å². The molecule has 0 heterocycles. The number of hydrazine groups is 1. The number of nitrogens with one attached hydrogen (secondary N) is 1. The van der Waals surface area contributed by atoms with Crippen LogP contribution in [0, 0.1) is 0 Å². The average Bonchev–Trinajstić information content (AvgIpc) is 2.09. The molecule has 0 fully saturated rings. The van der Waals surface area contributed by atoms with Gasteiger partial charge in [0.1, 0.15) is 0 Å². The number of aliphatic hydroxyl groups excluding tert-OH is 2. The topological polar surface area (TPSA) is 91.3 Å². The maximum atomic E-state index is 10.5. The molecule has 78 valence electrons. The molecule has 0 atom stereocenters. The van der Waals surface area contributed by atoms with Gasteiger partial charge in [0.25, 0.3) is 0 Å². The molecule has 0 aromatic carbocycles. The Balaban J connectivity index is 3.66. The highest BCUT2D eigenvalue weighted by Gasteiger charge is 2.06. The summed E-state index contributed by atoms with van der Waals surface area (Å²) in [5, 5.41) is 17.5. The monoisotopic (exact) mass is 194 g/mol. The summed E-state index contributed by atoms with van der Waals surface area (Å²) >= 11 is 0. The molecule has 0 saturated carbocycles. The van der Waals surface area contributed by atoms with E-state index in [0.29, 0.717) is 5.34 Å². The van der Waals surface area contributed by atoms with Crippen LogP contribution in [-0.2, 0) is 14.5 Å². The van der Waals surface area contributed by atoms with Gasteiger partial charge in [-0.25, -0.2) is 5.43 Å². The molecule has 0 spiro atoms. The fourth-order valence-electron chi connectivity index (χ4n) is 0.478. The number of hydrogen-bond acceptors (Lipinski definition) is 6. The Morgan fingerprint density at radius 3 is 2.08 bits per heavy atom. The number of carbonyl (C=O) groups is 1. The predicted molar refractivity (Wildman–Crippen MR) is 41.7 cm³/mol. The third-order valence-electron chi connectivity index (χ3n) is 0.848. The molecule has 3 N–H and O–H groups in total. The number of nitrogens with zero attached hydrogens (tertiary/aromatic N) is 1. The van der Waals surface area contributed by atoms with Crippen LogP contribution in [0.2, 0.25) is 0 Å². The molecule has 0 aliphatic heterocycles. The van der Waals surface area contributed by atoms with Crippen molar-refractivity contribution in [1.82, 2.24) is 10.8 Å². The largest absolute Gasteiger partial charge is 0.394 e. The van der Waals surface area contributed by atoms with Crippen LogP contribution in [0.4, 0.5) is 0 Å². The van der Waals surface area contributed by atoms with Crippen molar-refractivity contribution in [3.63, 3.8) is 0 Å². The molecule has 0 aromatic rings. The summed E-state index contributed by atoms with van der Waals surface area (Å²) in [7, 11) is 0. The molecule has 0 saturated heterocycles. The highest BCUT2D eigenvalue weighted by Crippen LogP contribution is 1.87. The highest BCUT2D eigenvalue weighted by atomic mass is 17.0. The molecule has 0 rings (SSSR count). The van der Waals surface area contributed by atoms with Crippen molar-refractivity contribution in [1.29, 1.82) is 0 Å². The average molecular weight is 194 g/mol. The Morgan fingerprint density at radius 1 is 1.31 bits per heavy atom. The van der Waals surface area contributed by atoms with Gasteiger partial charge in [-0.15, -0.1) is 0 Å². The van der Waals surface area contributed by atoms with E-state index >= 15 is 0 Å². The quantitative estimate of drug-likeness (QED) is 0.414. The van der Waals surface area contributed by atoms with Gasteiger partial charge >= 0.3 is 0 Å². The van der Waals surface area contributed by atoms with Crippen molar-refractivity contribution in [3.8, 4) is 0 Å². The van der Waals surface area contributed by atoms with Crippen LogP contribution in [0.5, 0.6) is 0 Å². The summed E-state index contributed by atoms with van der Waals surface area (Å²) in [6.45, 7) is 0.867. The summed E-state index contributed by atoms with van der Waals surface area (Å²) in [6, 6.07) is 0. The van der Waals surface area contributed by atoms with Crippen LogP contribution in [0.15, 0.2) is 0 Å². The molecular formula is C6H14N2O5. The fraction of sp³-hybridized carbons (Fsp3) is 0.833. The van der Waals surface area contributed by atoms with Gasteiger partial charge < -0.3 is 10.2 Å². The van der Waals surface area contributed by atoms with E-state index in [1.165, 1.54) is 6.92 Å². The lowest BCUT2D eigenvalue weighted by Gasteiger charge is -2.19. The number of rotatable bonds is 7. The van der Waals surface area contributed by atoms with E-state index in [-0.39, 0.29) is 32.3 Å². The van der Waals surface area contributed by atoms with Crippen molar-refractivity contribution in [2.45, 2.75) is 6.92 Å². The second kappa shape index (κ2) is 7.90. The van der Waals surface area contributed by atoms with E-state index in [4.69, 9.17) is 19.9 Å². The standard InChI is InChI=1S/C6H14N2O5/c1-6(11)7-8(12-4-2-9)13-5-3-10/h9-10H,2-5H2,1H3,(H,7,11). The molecule has 7 heteroatoms. The van der Waals surface area contributed by atoms with Gasteiger partial charge in [-0.3, -0.25) is 14.5 Å². The number of hydrogen-bond donors (Lipinski definition) is 3. The first-order chi connectivity index (χ1) is 6.20. The Labute approximate surface area is 75.7 Å². The molecule has 0 aliphatic carbocycles. The van der Waals surface area contributed by atoms with Gasteiger partial charge in [0.05, 0.1) is 26.4 Å². The molecule has 0 unspecified atom stereocenters. The van der Waals surface area contributed by atoms with E-state index < -0.39 is 0 Å². The van der Waals surface area contributed by atoms with Gasteiger partial charge in [-0.2, -0.15) is 0 Å². The zero-order valence-electron chi connectivity index (χ0n) is 7.39. The van der Waals surface area contributed by atoms with Crippen molar-refractivity contribution in [2.24, 2.45) is 0 Å². The van der Waals surface area contributed by atoms with Crippen LogP contribution in [0.25, 0.3) is 0 Å². The van der Waals surface area contributed by atoms with Gasteiger partial charge in [0, 0.05) is 12.3 Å². The van der Waals surface area contributed by atoms with Gasteiger partial charge in [0.15, 0.2) is 0 Å². The minimum Gasteiger partial charge on any atom is -0.394 e. The van der Waals surface area contributed by atoms with Gasteiger partial charge in [0.2, 0.25) is 5.91 Å². The molecule has 0 aromatic heterocycles. The van der Waals surface area contributed by atoms with E-state index in [1.54, 1.807) is 0 Å². The number of carbonyl (C=O) groups excluding carboxylic acids is 1. The zero-order chi connectivity index (χ0) is 10.1. The normalized spacial score (nSPS) is 10.5. The van der Waals surface area contributed by atoms with E-state index in [9.17, 15) is 4.79 Å². The lowest BCUT2D eigenvalue weighted by Crippen LogP contribution is -2.42. The molecular weight excluding hydrogens is 180 g/mol. The molecule has 0 aliphatic rings. The Morgan fingerprint density at radius 2 is 1.77 bits per heavy atom. The van der Waals surface area contributed by atoms with Crippen LogP contribution >= 0.6 is 0 Å². The second-order valence-electron chi connectivity index (χ2n) is 2.04. The SMILES string of the molecule is CC(=O)NN(OCCO)OCCO. The molecule has 7 nitrogen and oxygen atoms in total. The van der Waals surface area contributed by atoms with E-state index in [2.05, 4.69) is 5.43 Å². The van der Waals surface area contributed by atoms with Gasteiger partial charge in [-0.05, 0) is 0 Å². The summed E-state index contributed by atoms with van der Waals surface area (Å²) < 4.78 is 0. The molecule has 0 bridgehead atoms.